The molecule has 3 aromatic rings. The van der Waals surface area contributed by atoms with E-state index in [2.05, 4.69) is 10.3 Å². The highest BCUT2D eigenvalue weighted by Gasteiger charge is 2.22. The van der Waals surface area contributed by atoms with E-state index in [1.807, 2.05) is 18.2 Å². The number of hydrogen-bond donors (Lipinski definition) is 1. The van der Waals surface area contributed by atoms with Crippen LogP contribution in [0.15, 0.2) is 69.9 Å². The Bertz CT molecular complexity index is 1110. The van der Waals surface area contributed by atoms with E-state index in [0.29, 0.717) is 5.75 Å². The first-order chi connectivity index (χ1) is 13.9. The largest absolute Gasteiger partial charge is 0.493 e. The van der Waals surface area contributed by atoms with Gasteiger partial charge in [-0.3, -0.25) is 14.9 Å². The van der Waals surface area contributed by atoms with Crippen molar-refractivity contribution in [2.75, 3.05) is 11.9 Å². The molecule has 0 atom stereocenters. The number of carbonyl (C=O) groups excluding carboxylic acids is 1. The van der Waals surface area contributed by atoms with E-state index in [1.165, 1.54) is 0 Å². The molecule has 0 aliphatic rings. The van der Waals surface area contributed by atoms with E-state index in [1.54, 1.807) is 12.1 Å². The standard InChI is InChI=1S/C18H15N3O6S2/c22-16(10-11-27-14-4-2-1-3-5-14)20-18-19-12-17(28-18)29(25,26)15-8-6-13(7-9-15)21(23)24/h1-9,12H,10-11H2,(H,19,20,22). The summed E-state index contributed by atoms with van der Waals surface area (Å²) in [4.78, 5) is 25.9. The highest BCUT2D eigenvalue weighted by Crippen LogP contribution is 2.29. The van der Waals surface area contributed by atoms with Crippen molar-refractivity contribution in [2.45, 2.75) is 15.5 Å². The van der Waals surface area contributed by atoms with Gasteiger partial charge in [-0.15, -0.1) is 0 Å². The van der Waals surface area contributed by atoms with E-state index in [0.717, 1.165) is 41.8 Å². The van der Waals surface area contributed by atoms with Crippen molar-refractivity contribution in [1.82, 2.24) is 4.98 Å². The molecule has 0 unspecified atom stereocenters. The molecule has 150 valence electrons. The number of nitro benzene ring substituents is 1. The zero-order valence-corrected chi connectivity index (χ0v) is 16.5. The third kappa shape index (κ3) is 5.15. The van der Waals surface area contributed by atoms with Crippen molar-refractivity contribution < 1.29 is 22.9 Å². The number of anilines is 1. The number of ether oxygens (including phenoxy) is 1. The molecule has 1 heterocycles. The highest BCUT2D eigenvalue weighted by atomic mass is 32.2. The van der Waals surface area contributed by atoms with Gasteiger partial charge in [-0.1, -0.05) is 29.5 Å². The Morgan fingerprint density at radius 2 is 1.83 bits per heavy atom. The van der Waals surface area contributed by atoms with Gasteiger partial charge in [0.25, 0.3) is 5.69 Å². The molecule has 2 aromatic carbocycles. The number of amides is 1. The topological polar surface area (TPSA) is 128 Å². The Hall–Kier alpha value is -3.31. The molecule has 0 aliphatic carbocycles. The number of carbonyl (C=O) groups is 1. The van der Waals surface area contributed by atoms with Crippen LogP contribution in [0.4, 0.5) is 10.8 Å². The number of nitrogens with zero attached hydrogens (tertiary/aromatic N) is 2. The summed E-state index contributed by atoms with van der Waals surface area (Å²) in [6.45, 7) is 0.162. The fourth-order valence-corrected chi connectivity index (χ4v) is 4.71. The van der Waals surface area contributed by atoms with Gasteiger partial charge < -0.3 is 10.1 Å². The molecule has 0 saturated carbocycles. The molecule has 0 aliphatic heterocycles. The first-order valence-electron chi connectivity index (χ1n) is 8.29. The SMILES string of the molecule is O=C(CCOc1ccccc1)Nc1ncc(S(=O)(=O)c2ccc([N+](=O)[O-])cc2)s1. The average molecular weight is 433 g/mol. The van der Waals surface area contributed by atoms with Crippen molar-refractivity contribution in [3.63, 3.8) is 0 Å². The summed E-state index contributed by atoms with van der Waals surface area (Å²) in [5.74, 6) is 0.278. The minimum Gasteiger partial charge on any atom is -0.493 e. The number of sulfone groups is 1. The van der Waals surface area contributed by atoms with E-state index in [4.69, 9.17) is 4.74 Å². The molecule has 0 bridgehead atoms. The molecule has 1 N–H and O–H groups in total. The van der Waals surface area contributed by atoms with E-state index >= 15 is 0 Å². The van der Waals surface area contributed by atoms with Gasteiger partial charge in [0.15, 0.2) is 5.13 Å². The Labute approximate surface area is 170 Å². The number of thiazole rings is 1. The Morgan fingerprint density at radius 3 is 2.48 bits per heavy atom. The van der Waals surface area contributed by atoms with E-state index in [-0.39, 0.29) is 38.9 Å². The van der Waals surface area contributed by atoms with Gasteiger partial charge in [0.05, 0.1) is 29.0 Å². The lowest BCUT2D eigenvalue weighted by molar-refractivity contribution is -0.384. The number of benzene rings is 2. The lowest BCUT2D eigenvalue weighted by Crippen LogP contribution is -2.14. The monoisotopic (exact) mass is 433 g/mol. The van der Waals surface area contributed by atoms with Crippen LogP contribution in [-0.2, 0) is 14.6 Å². The predicted octanol–water partition coefficient (Wildman–Crippen LogP) is 3.29. The molecule has 0 saturated heterocycles. The molecular weight excluding hydrogens is 418 g/mol. The maximum Gasteiger partial charge on any atom is 0.269 e. The fraction of sp³-hybridized carbons (Fsp3) is 0.111. The second-order valence-electron chi connectivity index (χ2n) is 5.70. The number of nitro groups is 1. The molecular formula is C18H15N3O6S2. The molecule has 0 radical (unpaired) electrons. The van der Waals surface area contributed by atoms with Crippen LogP contribution < -0.4 is 10.1 Å². The number of hydrogen-bond acceptors (Lipinski definition) is 8. The van der Waals surface area contributed by atoms with Crippen LogP contribution in [0.25, 0.3) is 0 Å². The maximum absolute atomic E-state index is 12.6. The molecule has 29 heavy (non-hydrogen) atoms. The van der Waals surface area contributed by atoms with Crippen molar-refractivity contribution in [2.24, 2.45) is 0 Å². The first kappa shape index (κ1) is 20.4. The smallest absolute Gasteiger partial charge is 0.269 e. The maximum atomic E-state index is 12.6. The van der Waals surface area contributed by atoms with E-state index in [9.17, 15) is 23.3 Å². The Morgan fingerprint density at radius 1 is 1.14 bits per heavy atom. The molecule has 1 aromatic heterocycles. The number of para-hydroxylation sites is 1. The van der Waals surface area contributed by atoms with Crippen LogP contribution in [-0.4, -0.2) is 30.8 Å². The van der Waals surface area contributed by atoms with Crippen LogP contribution in [0.2, 0.25) is 0 Å². The van der Waals surface area contributed by atoms with Crippen LogP contribution in [0.3, 0.4) is 0 Å². The Kier molecular flexibility index (Phi) is 6.20. The second-order valence-corrected chi connectivity index (χ2v) is 8.91. The summed E-state index contributed by atoms with van der Waals surface area (Å²) >= 11 is 0.798. The van der Waals surface area contributed by atoms with Gasteiger partial charge in [-0.05, 0) is 24.3 Å². The van der Waals surface area contributed by atoms with Gasteiger partial charge in [0, 0.05) is 12.1 Å². The van der Waals surface area contributed by atoms with Gasteiger partial charge in [-0.25, -0.2) is 13.4 Å². The van der Waals surface area contributed by atoms with Gasteiger partial charge in [-0.2, -0.15) is 0 Å². The predicted molar refractivity (Wildman–Crippen MR) is 106 cm³/mol. The summed E-state index contributed by atoms with van der Waals surface area (Å²) < 4.78 is 30.6. The zero-order valence-electron chi connectivity index (χ0n) is 14.8. The molecule has 0 fully saturated rings. The number of rotatable bonds is 8. The minimum absolute atomic E-state index is 0.0684. The summed E-state index contributed by atoms with van der Waals surface area (Å²) in [5, 5.41) is 13.4. The summed E-state index contributed by atoms with van der Waals surface area (Å²) in [6.07, 6.45) is 1.20. The normalized spacial score (nSPS) is 11.0. The number of non-ortho nitro benzene ring substituents is 1. The molecule has 11 heteroatoms. The van der Waals surface area contributed by atoms with Gasteiger partial charge in [0.2, 0.25) is 15.7 Å². The number of nitrogens with one attached hydrogen (secondary N) is 1. The number of aromatic nitrogens is 1. The van der Waals surface area contributed by atoms with Crippen molar-refractivity contribution >= 4 is 37.9 Å². The first-order valence-corrected chi connectivity index (χ1v) is 10.6. The summed E-state index contributed by atoms with van der Waals surface area (Å²) in [6, 6.07) is 13.6. The van der Waals surface area contributed by atoms with Crippen molar-refractivity contribution in [3.05, 3.63) is 70.9 Å². The molecule has 3 rings (SSSR count). The minimum atomic E-state index is -3.89. The summed E-state index contributed by atoms with van der Waals surface area (Å²) in [7, 11) is -3.89. The highest BCUT2D eigenvalue weighted by molar-refractivity contribution is 7.93. The van der Waals surface area contributed by atoms with Crippen molar-refractivity contribution in [1.29, 1.82) is 0 Å². The van der Waals surface area contributed by atoms with E-state index < -0.39 is 14.8 Å². The molecule has 0 spiro atoms. The lowest BCUT2D eigenvalue weighted by atomic mass is 10.3. The zero-order chi connectivity index (χ0) is 20.9. The fourth-order valence-electron chi connectivity index (χ4n) is 2.26. The quantitative estimate of drug-likeness (QED) is 0.426. The third-order valence-electron chi connectivity index (χ3n) is 3.69. The van der Waals surface area contributed by atoms with Crippen LogP contribution >= 0.6 is 11.3 Å². The van der Waals surface area contributed by atoms with Gasteiger partial charge in [0.1, 0.15) is 9.96 Å². The van der Waals surface area contributed by atoms with Crippen LogP contribution in [0.5, 0.6) is 5.75 Å². The lowest BCUT2D eigenvalue weighted by Gasteiger charge is -2.05. The van der Waals surface area contributed by atoms with Crippen molar-refractivity contribution in [3.8, 4) is 5.75 Å². The Balaban J connectivity index is 1.60. The summed E-state index contributed by atoms with van der Waals surface area (Å²) in [5.41, 5.74) is -0.209. The molecule has 1 amide bonds. The average Bonchev–Trinajstić information content (AvgIpc) is 3.18. The van der Waals surface area contributed by atoms with Crippen LogP contribution in [0.1, 0.15) is 6.42 Å². The second kappa shape index (κ2) is 8.80. The molecule has 9 nitrogen and oxygen atoms in total. The van der Waals surface area contributed by atoms with Crippen LogP contribution in [0, 0.1) is 10.1 Å². The third-order valence-corrected chi connectivity index (χ3v) is 6.84. The van der Waals surface area contributed by atoms with Gasteiger partial charge >= 0.3 is 0 Å².